The van der Waals surface area contributed by atoms with Crippen LogP contribution in [0.15, 0.2) is 24.3 Å². The summed E-state index contributed by atoms with van der Waals surface area (Å²) in [5.41, 5.74) is 0.684. The molecule has 12 heavy (non-hydrogen) atoms. The Morgan fingerprint density at radius 2 is 2.17 bits per heavy atom. The van der Waals surface area contributed by atoms with Gasteiger partial charge < -0.3 is 5.11 Å². The number of hydrogen-bond donors (Lipinski definition) is 1. The first-order chi connectivity index (χ1) is 5.79. The number of rotatable bonds is 2. The second-order valence-corrected chi connectivity index (χ2v) is 2.79. The van der Waals surface area contributed by atoms with E-state index in [0.717, 1.165) is 0 Å². The molecular formula is C9H8ClNO. The molecular weight excluding hydrogens is 174 g/mol. The molecule has 0 aliphatic heterocycles. The molecule has 1 aromatic carbocycles. The molecule has 1 N–H and O–H groups in total. The third-order valence-corrected chi connectivity index (χ3v) is 1.96. The average molecular weight is 182 g/mol. The highest BCUT2D eigenvalue weighted by molar-refractivity contribution is 6.31. The zero-order valence-corrected chi connectivity index (χ0v) is 7.12. The molecule has 0 aliphatic rings. The van der Waals surface area contributed by atoms with Crippen LogP contribution in [0.2, 0.25) is 5.02 Å². The number of hydrogen-bond acceptors (Lipinski definition) is 2. The predicted octanol–water partition coefficient (Wildman–Crippen LogP) is 1.94. The Labute approximate surface area is 76.0 Å². The summed E-state index contributed by atoms with van der Waals surface area (Å²) in [4.78, 5) is 0. The molecule has 0 aliphatic carbocycles. The van der Waals surface area contributed by atoms with Crippen molar-refractivity contribution in [2.24, 2.45) is 0 Å². The summed E-state index contributed by atoms with van der Waals surface area (Å²) in [6.45, 7) is -0.194. The summed E-state index contributed by atoms with van der Waals surface area (Å²) in [6, 6.07) is 9.00. The molecule has 0 radical (unpaired) electrons. The van der Waals surface area contributed by atoms with E-state index in [9.17, 15) is 0 Å². The van der Waals surface area contributed by atoms with Crippen LogP contribution >= 0.6 is 11.6 Å². The van der Waals surface area contributed by atoms with Crippen molar-refractivity contribution in [3.05, 3.63) is 34.9 Å². The predicted molar refractivity (Wildman–Crippen MR) is 46.9 cm³/mol. The van der Waals surface area contributed by atoms with Crippen molar-refractivity contribution in [1.82, 2.24) is 0 Å². The van der Waals surface area contributed by atoms with Crippen LogP contribution in [-0.4, -0.2) is 11.7 Å². The molecule has 1 unspecified atom stereocenters. The smallest absolute Gasteiger partial charge is 0.0957 e. The van der Waals surface area contributed by atoms with Gasteiger partial charge in [-0.15, -0.1) is 0 Å². The van der Waals surface area contributed by atoms with Gasteiger partial charge in [0.15, 0.2) is 0 Å². The number of aliphatic hydroxyl groups excluding tert-OH is 1. The van der Waals surface area contributed by atoms with Crippen LogP contribution in [0, 0.1) is 11.3 Å². The van der Waals surface area contributed by atoms with E-state index in [-0.39, 0.29) is 6.61 Å². The first kappa shape index (κ1) is 9.05. The van der Waals surface area contributed by atoms with Crippen molar-refractivity contribution >= 4 is 11.6 Å². The van der Waals surface area contributed by atoms with Gasteiger partial charge in [-0.3, -0.25) is 0 Å². The Bertz CT molecular complexity index is 306. The molecule has 3 heteroatoms. The number of nitrogens with zero attached hydrogens (tertiary/aromatic N) is 1. The van der Waals surface area contributed by atoms with Crippen LogP contribution in [-0.2, 0) is 0 Å². The lowest BCUT2D eigenvalue weighted by Gasteiger charge is -2.06. The summed E-state index contributed by atoms with van der Waals surface area (Å²) in [5, 5.41) is 18.0. The van der Waals surface area contributed by atoms with E-state index in [1.54, 1.807) is 24.3 Å². The van der Waals surface area contributed by atoms with Crippen molar-refractivity contribution in [3.8, 4) is 6.07 Å². The standard InChI is InChI=1S/C9H8ClNO/c10-9-4-2-1-3-8(9)7(5-11)6-12/h1-4,7,12H,6H2. The summed E-state index contributed by atoms with van der Waals surface area (Å²) >= 11 is 5.81. The van der Waals surface area contributed by atoms with E-state index < -0.39 is 5.92 Å². The Hall–Kier alpha value is -1.04. The lowest BCUT2D eigenvalue weighted by molar-refractivity contribution is 0.286. The molecule has 2 nitrogen and oxygen atoms in total. The fraction of sp³-hybridized carbons (Fsp3) is 0.222. The molecule has 0 saturated heterocycles. The molecule has 1 aromatic rings. The van der Waals surface area contributed by atoms with Gasteiger partial charge in [-0.25, -0.2) is 0 Å². The monoisotopic (exact) mass is 181 g/mol. The average Bonchev–Trinajstić information content (AvgIpc) is 2.10. The maximum Gasteiger partial charge on any atom is 0.0957 e. The van der Waals surface area contributed by atoms with Crippen molar-refractivity contribution in [2.75, 3.05) is 6.61 Å². The van der Waals surface area contributed by atoms with Crippen molar-refractivity contribution in [3.63, 3.8) is 0 Å². The molecule has 0 fully saturated rings. The summed E-state index contributed by atoms with van der Waals surface area (Å²) in [7, 11) is 0. The maximum absolute atomic E-state index is 8.82. The molecule has 62 valence electrons. The molecule has 0 amide bonds. The third kappa shape index (κ3) is 1.76. The third-order valence-electron chi connectivity index (χ3n) is 1.62. The number of halogens is 1. The Balaban J connectivity index is 3.02. The van der Waals surface area contributed by atoms with Gasteiger partial charge >= 0.3 is 0 Å². The zero-order chi connectivity index (χ0) is 8.97. The molecule has 0 spiro atoms. The van der Waals surface area contributed by atoms with E-state index in [2.05, 4.69) is 0 Å². The number of aliphatic hydroxyl groups is 1. The van der Waals surface area contributed by atoms with Crippen LogP contribution in [0.5, 0.6) is 0 Å². The normalized spacial score (nSPS) is 12.1. The fourth-order valence-electron chi connectivity index (χ4n) is 0.966. The van der Waals surface area contributed by atoms with E-state index in [1.165, 1.54) is 0 Å². The van der Waals surface area contributed by atoms with Gasteiger partial charge in [0.25, 0.3) is 0 Å². The Morgan fingerprint density at radius 1 is 1.50 bits per heavy atom. The van der Waals surface area contributed by atoms with Crippen LogP contribution in [0.1, 0.15) is 11.5 Å². The van der Waals surface area contributed by atoms with Crippen molar-refractivity contribution < 1.29 is 5.11 Å². The summed E-state index contributed by atoms with van der Waals surface area (Å²) in [6.07, 6.45) is 0. The molecule has 1 atom stereocenters. The second kappa shape index (κ2) is 4.10. The minimum Gasteiger partial charge on any atom is -0.395 e. The van der Waals surface area contributed by atoms with Gasteiger partial charge in [0.1, 0.15) is 0 Å². The van der Waals surface area contributed by atoms with Gasteiger partial charge in [0.2, 0.25) is 0 Å². The van der Waals surface area contributed by atoms with Crippen LogP contribution in [0.25, 0.3) is 0 Å². The highest BCUT2D eigenvalue weighted by Gasteiger charge is 2.11. The largest absolute Gasteiger partial charge is 0.395 e. The number of nitriles is 1. The minimum absolute atomic E-state index is 0.194. The zero-order valence-electron chi connectivity index (χ0n) is 6.37. The molecule has 0 aromatic heterocycles. The highest BCUT2D eigenvalue weighted by Crippen LogP contribution is 2.23. The SMILES string of the molecule is N#CC(CO)c1ccccc1Cl. The van der Waals surface area contributed by atoms with Gasteiger partial charge in [-0.05, 0) is 11.6 Å². The molecule has 0 saturated carbocycles. The topological polar surface area (TPSA) is 44.0 Å². The Kier molecular flexibility index (Phi) is 3.09. The molecule has 1 rings (SSSR count). The van der Waals surface area contributed by atoms with E-state index in [0.29, 0.717) is 10.6 Å². The summed E-state index contributed by atoms with van der Waals surface area (Å²) < 4.78 is 0. The van der Waals surface area contributed by atoms with Crippen molar-refractivity contribution in [1.29, 1.82) is 5.26 Å². The van der Waals surface area contributed by atoms with Gasteiger partial charge in [0.05, 0.1) is 18.6 Å². The quantitative estimate of drug-likeness (QED) is 0.758. The van der Waals surface area contributed by atoms with Gasteiger partial charge in [-0.1, -0.05) is 29.8 Å². The number of benzene rings is 1. The van der Waals surface area contributed by atoms with E-state index in [1.807, 2.05) is 6.07 Å². The lowest BCUT2D eigenvalue weighted by atomic mass is 10.0. The van der Waals surface area contributed by atoms with Gasteiger partial charge in [0, 0.05) is 5.02 Å². The van der Waals surface area contributed by atoms with Gasteiger partial charge in [-0.2, -0.15) is 5.26 Å². The fourth-order valence-corrected chi connectivity index (χ4v) is 1.23. The van der Waals surface area contributed by atoms with E-state index >= 15 is 0 Å². The molecule has 0 heterocycles. The first-order valence-electron chi connectivity index (χ1n) is 3.54. The van der Waals surface area contributed by atoms with Crippen molar-refractivity contribution in [2.45, 2.75) is 5.92 Å². The Morgan fingerprint density at radius 3 is 2.67 bits per heavy atom. The van der Waals surface area contributed by atoms with Crippen LogP contribution in [0.3, 0.4) is 0 Å². The molecule has 0 bridgehead atoms. The second-order valence-electron chi connectivity index (χ2n) is 2.39. The summed E-state index contributed by atoms with van der Waals surface area (Å²) in [5.74, 6) is -0.515. The van der Waals surface area contributed by atoms with Crippen LogP contribution < -0.4 is 0 Å². The van der Waals surface area contributed by atoms with Crippen LogP contribution in [0.4, 0.5) is 0 Å². The maximum atomic E-state index is 8.82. The minimum atomic E-state index is -0.515. The first-order valence-corrected chi connectivity index (χ1v) is 3.92. The van der Waals surface area contributed by atoms with E-state index in [4.69, 9.17) is 22.0 Å². The highest BCUT2D eigenvalue weighted by atomic mass is 35.5. The lowest BCUT2D eigenvalue weighted by Crippen LogP contribution is -2.01.